The van der Waals surface area contributed by atoms with Gasteiger partial charge in [-0.25, -0.2) is 10.0 Å². The molecule has 23 heavy (non-hydrogen) atoms. The Balaban J connectivity index is 2.01. The van der Waals surface area contributed by atoms with Gasteiger partial charge in [-0.05, 0) is 103 Å². The maximum Gasteiger partial charge on any atom is 0.0354 e. The standard InChI is InChI=1S/C22H32S/c1-14-11-17-15-9-7-8-10-16(15)18-12-22(2,3)13-19(18)20(17)21(14)23(4,5)6/h11,21H,7-10,12-13H2,1-6H3. The van der Waals surface area contributed by atoms with Crippen molar-refractivity contribution in [3.05, 3.63) is 39.0 Å². The molecular weight excluding hydrogens is 296 g/mol. The molecule has 0 nitrogen and oxygen atoms in total. The lowest BCUT2D eigenvalue weighted by Crippen LogP contribution is -2.14. The summed E-state index contributed by atoms with van der Waals surface area (Å²) < 4.78 is 0. The van der Waals surface area contributed by atoms with Crippen LogP contribution in [0.4, 0.5) is 0 Å². The van der Waals surface area contributed by atoms with Gasteiger partial charge in [0, 0.05) is 5.25 Å². The molecule has 0 aromatic heterocycles. The van der Waals surface area contributed by atoms with Gasteiger partial charge in [-0.3, -0.25) is 0 Å². The number of rotatable bonds is 1. The van der Waals surface area contributed by atoms with Crippen LogP contribution in [0.1, 0.15) is 72.2 Å². The molecule has 1 aromatic rings. The fourth-order valence-electron chi connectivity index (χ4n) is 5.55. The van der Waals surface area contributed by atoms with Crippen molar-refractivity contribution in [2.45, 2.75) is 64.5 Å². The smallest absolute Gasteiger partial charge is 0.0354 e. The zero-order chi connectivity index (χ0) is 16.6. The fourth-order valence-corrected chi connectivity index (χ4v) is 7.71. The minimum atomic E-state index is -0.619. The molecule has 1 heteroatoms. The SMILES string of the molecule is CC1=Cc2c3c(c4c(c2C1S(C)(C)C)CC(C)(C)C4)CCCC3. The van der Waals surface area contributed by atoms with Crippen molar-refractivity contribution in [1.29, 1.82) is 0 Å². The van der Waals surface area contributed by atoms with Crippen molar-refractivity contribution >= 4 is 16.1 Å². The quantitative estimate of drug-likeness (QED) is 0.607. The van der Waals surface area contributed by atoms with Crippen LogP contribution in [0, 0.1) is 5.41 Å². The Morgan fingerprint density at radius 2 is 1.52 bits per heavy atom. The van der Waals surface area contributed by atoms with Crippen molar-refractivity contribution in [3.8, 4) is 0 Å². The molecule has 0 bridgehead atoms. The summed E-state index contributed by atoms with van der Waals surface area (Å²) in [5.41, 5.74) is 12.6. The third-order valence-corrected chi connectivity index (χ3v) is 8.22. The van der Waals surface area contributed by atoms with Crippen LogP contribution in [0.25, 0.3) is 6.08 Å². The van der Waals surface area contributed by atoms with E-state index in [4.69, 9.17) is 0 Å². The van der Waals surface area contributed by atoms with Gasteiger partial charge < -0.3 is 0 Å². The normalized spacial score (nSPS) is 25.7. The van der Waals surface area contributed by atoms with Gasteiger partial charge in [0.05, 0.1) is 0 Å². The molecule has 1 aromatic carbocycles. The molecule has 0 amide bonds. The van der Waals surface area contributed by atoms with E-state index in [2.05, 4.69) is 45.6 Å². The molecule has 0 fully saturated rings. The first-order valence-electron chi connectivity index (χ1n) is 9.24. The molecule has 0 N–H and O–H groups in total. The van der Waals surface area contributed by atoms with E-state index in [1.807, 2.05) is 0 Å². The van der Waals surface area contributed by atoms with Gasteiger partial charge in [-0.2, -0.15) is 0 Å². The van der Waals surface area contributed by atoms with Gasteiger partial charge in [0.2, 0.25) is 0 Å². The second-order valence-electron chi connectivity index (χ2n) is 9.67. The summed E-state index contributed by atoms with van der Waals surface area (Å²) in [6, 6.07) is 0. The van der Waals surface area contributed by atoms with Crippen LogP contribution in [-0.4, -0.2) is 18.8 Å². The summed E-state index contributed by atoms with van der Waals surface area (Å²) in [5.74, 6) is 0. The molecule has 1 unspecified atom stereocenters. The predicted molar refractivity (Wildman–Crippen MR) is 106 cm³/mol. The Hall–Kier alpha value is -0.690. The number of hydrogen-bond acceptors (Lipinski definition) is 0. The van der Waals surface area contributed by atoms with Crippen LogP contribution in [0.3, 0.4) is 0 Å². The number of benzene rings is 1. The number of fused-ring (bicyclic) bond motifs is 6. The topological polar surface area (TPSA) is 0 Å². The maximum atomic E-state index is 2.58. The van der Waals surface area contributed by atoms with E-state index in [0.29, 0.717) is 10.7 Å². The molecule has 0 radical (unpaired) electrons. The fraction of sp³-hybridized carbons (Fsp3) is 0.636. The van der Waals surface area contributed by atoms with Gasteiger partial charge in [0.15, 0.2) is 0 Å². The Bertz CT molecular complexity index is 713. The zero-order valence-electron chi connectivity index (χ0n) is 15.8. The lowest BCUT2D eigenvalue weighted by Gasteiger charge is -2.37. The van der Waals surface area contributed by atoms with Gasteiger partial charge in [-0.1, -0.05) is 25.5 Å². The molecule has 0 spiro atoms. The van der Waals surface area contributed by atoms with E-state index in [0.717, 1.165) is 0 Å². The molecule has 0 saturated heterocycles. The molecule has 0 heterocycles. The van der Waals surface area contributed by atoms with Crippen LogP contribution >= 0.6 is 10.0 Å². The van der Waals surface area contributed by atoms with Gasteiger partial charge in [0.1, 0.15) is 0 Å². The zero-order valence-corrected chi connectivity index (χ0v) is 16.6. The van der Waals surface area contributed by atoms with Crippen LogP contribution in [0.5, 0.6) is 0 Å². The van der Waals surface area contributed by atoms with Crippen molar-refractivity contribution in [2.24, 2.45) is 5.41 Å². The van der Waals surface area contributed by atoms with Crippen LogP contribution in [0.2, 0.25) is 0 Å². The summed E-state index contributed by atoms with van der Waals surface area (Å²) in [4.78, 5) is 0. The highest BCUT2D eigenvalue weighted by molar-refractivity contribution is 8.32. The van der Waals surface area contributed by atoms with Crippen molar-refractivity contribution in [1.82, 2.24) is 0 Å². The van der Waals surface area contributed by atoms with E-state index < -0.39 is 10.0 Å². The Morgan fingerprint density at radius 1 is 0.913 bits per heavy atom. The van der Waals surface area contributed by atoms with Crippen LogP contribution in [-0.2, 0) is 25.7 Å². The van der Waals surface area contributed by atoms with Crippen molar-refractivity contribution in [2.75, 3.05) is 18.8 Å². The van der Waals surface area contributed by atoms with Gasteiger partial charge >= 0.3 is 0 Å². The monoisotopic (exact) mass is 328 g/mol. The van der Waals surface area contributed by atoms with E-state index in [-0.39, 0.29) is 0 Å². The maximum absolute atomic E-state index is 2.58. The summed E-state index contributed by atoms with van der Waals surface area (Å²) in [7, 11) is -0.619. The van der Waals surface area contributed by atoms with Crippen molar-refractivity contribution < 1.29 is 0 Å². The minimum Gasteiger partial charge on any atom is -0.239 e. The summed E-state index contributed by atoms with van der Waals surface area (Å²) in [6.45, 7) is 7.34. The highest BCUT2D eigenvalue weighted by atomic mass is 32.3. The predicted octanol–water partition coefficient (Wildman–Crippen LogP) is 5.84. The Morgan fingerprint density at radius 3 is 2.17 bits per heavy atom. The molecule has 4 rings (SSSR count). The summed E-state index contributed by atoms with van der Waals surface area (Å²) in [6.07, 6.45) is 18.2. The first kappa shape index (κ1) is 15.8. The Kier molecular flexibility index (Phi) is 3.38. The largest absolute Gasteiger partial charge is 0.239 e. The van der Waals surface area contributed by atoms with E-state index in [1.54, 1.807) is 39.0 Å². The molecule has 1 atom stereocenters. The van der Waals surface area contributed by atoms with E-state index >= 15 is 0 Å². The Labute approximate surface area is 144 Å². The lowest BCUT2D eigenvalue weighted by molar-refractivity contribution is 0.391. The molecule has 0 saturated carbocycles. The number of hydrogen-bond donors (Lipinski definition) is 0. The lowest BCUT2D eigenvalue weighted by atomic mass is 9.81. The average Bonchev–Trinajstić information content (AvgIpc) is 2.94. The summed E-state index contributed by atoms with van der Waals surface area (Å²) in [5, 5.41) is 0.701. The molecule has 0 aliphatic heterocycles. The second-order valence-corrected chi connectivity index (χ2v) is 14.0. The third-order valence-electron chi connectivity index (χ3n) is 6.20. The van der Waals surface area contributed by atoms with Gasteiger partial charge in [-0.15, -0.1) is 0 Å². The van der Waals surface area contributed by atoms with E-state index in [9.17, 15) is 0 Å². The van der Waals surface area contributed by atoms with Gasteiger partial charge in [0.25, 0.3) is 0 Å². The second kappa shape index (κ2) is 4.91. The first-order valence-corrected chi connectivity index (χ1v) is 12.2. The average molecular weight is 329 g/mol. The molecule has 126 valence electrons. The van der Waals surface area contributed by atoms with Crippen molar-refractivity contribution in [3.63, 3.8) is 0 Å². The summed E-state index contributed by atoms with van der Waals surface area (Å²) >= 11 is 0. The molecule has 3 aliphatic rings. The highest BCUT2D eigenvalue weighted by Crippen LogP contribution is 2.62. The van der Waals surface area contributed by atoms with E-state index in [1.165, 1.54) is 38.5 Å². The molecular formula is C22H32S. The van der Waals surface area contributed by atoms with Crippen LogP contribution in [0.15, 0.2) is 5.57 Å². The van der Waals surface area contributed by atoms with Crippen LogP contribution < -0.4 is 0 Å². The molecule has 3 aliphatic carbocycles. The first-order chi connectivity index (χ1) is 10.7. The third kappa shape index (κ3) is 2.34. The minimum absolute atomic E-state index is 0.455. The highest BCUT2D eigenvalue weighted by Gasteiger charge is 2.41.